The first-order chi connectivity index (χ1) is 7.84. The number of nitrogens with zero attached hydrogens (tertiary/aromatic N) is 3. The van der Waals surface area contributed by atoms with Gasteiger partial charge in [-0.1, -0.05) is 6.92 Å². The summed E-state index contributed by atoms with van der Waals surface area (Å²) < 4.78 is 1.61. The average molecular weight is 239 g/mol. The quantitative estimate of drug-likeness (QED) is 0.831. The van der Waals surface area contributed by atoms with E-state index in [0.717, 1.165) is 5.69 Å². The molecule has 1 aromatic heterocycles. The van der Waals surface area contributed by atoms with Crippen molar-refractivity contribution < 1.29 is 14.7 Å². The number of carboxylic acids is 1. The molecular weight excluding hydrogens is 222 g/mol. The highest BCUT2D eigenvalue weighted by molar-refractivity contribution is 5.95. The minimum Gasteiger partial charge on any atom is -0.481 e. The number of aryl methyl sites for hydroxylation is 1. The molecule has 0 aliphatic rings. The molecule has 0 aliphatic carbocycles. The Hall–Kier alpha value is -1.85. The van der Waals surface area contributed by atoms with E-state index in [1.54, 1.807) is 32.6 Å². The summed E-state index contributed by atoms with van der Waals surface area (Å²) >= 11 is 0. The minimum atomic E-state index is -0.910. The summed E-state index contributed by atoms with van der Waals surface area (Å²) in [6.07, 6.45) is 1.50. The number of amides is 1. The topological polar surface area (TPSA) is 75.4 Å². The average Bonchev–Trinajstić information content (AvgIpc) is 2.58. The number of rotatable bonds is 4. The number of carboxylic acid groups (broad SMARTS) is 1. The Morgan fingerprint density at radius 1 is 1.59 bits per heavy atom. The molecule has 0 aliphatic heterocycles. The third kappa shape index (κ3) is 2.83. The van der Waals surface area contributed by atoms with Crippen molar-refractivity contribution in [2.45, 2.75) is 13.8 Å². The van der Waals surface area contributed by atoms with Crippen molar-refractivity contribution in [1.29, 1.82) is 0 Å². The number of carbonyl (C=O) groups is 2. The number of hydrogen-bond donors (Lipinski definition) is 1. The first-order valence-electron chi connectivity index (χ1n) is 5.31. The zero-order valence-corrected chi connectivity index (χ0v) is 10.5. The Bertz CT molecular complexity index is 439. The fraction of sp³-hybridized carbons (Fsp3) is 0.545. The number of aromatic nitrogens is 2. The van der Waals surface area contributed by atoms with Crippen LogP contribution >= 0.6 is 0 Å². The van der Waals surface area contributed by atoms with E-state index < -0.39 is 11.9 Å². The second kappa shape index (κ2) is 4.99. The molecule has 0 bridgehead atoms. The molecule has 94 valence electrons. The summed E-state index contributed by atoms with van der Waals surface area (Å²) in [5.41, 5.74) is 1.28. The van der Waals surface area contributed by atoms with Crippen molar-refractivity contribution in [2.24, 2.45) is 13.0 Å². The fourth-order valence-electron chi connectivity index (χ4n) is 1.49. The van der Waals surface area contributed by atoms with Gasteiger partial charge in [-0.3, -0.25) is 14.3 Å². The van der Waals surface area contributed by atoms with E-state index in [9.17, 15) is 9.59 Å². The molecule has 17 heavy (non-hydrogen) atoms. The van der Waals surface area contributed by atoms with Crippen LogP contribution in [0.15, 0.2) is 6.20 Å². The van der Waals surface area contributed by atoms with Gasteiger partial charge < -0.3 is 10.0 Å². The smallest absolute Gasteiger partial charge is 0.308 e. The van der Waals surface area contributed by atoms with Crippen LogP contribution in [0, 0.1) is 12.8 Å². The maximum atomic E-state index is 12.0. The van der Waals surface area contributed by atoms with Crippen LogP contribution in [0.4, 0.5) is 0 Å². The second-order valence-corrected chi connectivity index (χ2v) is 4.19. The van der Waals surface area contributed by atoms with Crippen LogP contribution in [0.3, 0.4) is 0 Å². The Morgan fingerprint density at radius 2 is 2.18 bits per heavy atom. The summed E-state index contributed by atoms with van der Waals surface area (Å²) in [7, 11) is 3.35. The first kappa shape index (κ1) is 13.2. The van der Waals surface area contributed by atoms with Crippen LogP contribution in [0.1, 0.15) is 23.0 Å². The maximum absolute atomic E-state index is 12.0. The van der Waals surface area contributed by atoms with Gasteiger partial charge in [-0.25, -0.2) is 0 Å². The number of hydrogen-bond acceptors (Lipinski definition) is 3. The largest absolute Gasteiger partial charge is 0.481 e. The van der Waals surface area contributed by atoms with Gasteiger partial charge in [0.15, 0.2) is 0 Å². The molecule has 1 N–H and O–H groups in total. The predicted molar refractivity (Wildman–Crippen MR) is 61.7 cm³/mol. The van der Waals surface area contributed by atoms with Crippen LogP contribution < -0.4 is 0 Å². The molecule has 1 amide bonds. The lowest BCUT2D eigenvalue weighted by molar-refractivity contribution is -0.141. The highest BCUT2D eigenvalue weighted by Gasteiger charge is 2.21. The van der Waals surface area contributed by atoms with Gasteiger partial charge in [0.25, 0.3) is 5.91 Å². The van der Waals surface area contributed by atoms with Crippen molar-refractivity contribution in [3.8, 4) is 0 Å². The highest BCUT2D eigenvalue weighted by atomic mass is 16.4. The molecule has 0 saturated carbocycles. The van der Waals surface area contributed by atoms with Gasteiger partial charge in [0.05, 0.1) is 17.7 Å². The van der Waals surface area contributed by atoms with Crippen molar-refractivity contribution >= 4 is 11.9 Å². The maximum Gasteiger partial charge on any atom is 0.308 e. The molecule has 0 radical (unpaired) electrons. The highest BCUT2D eigenvalue weighted by Crippen LogP contribution is 2.10. The summed E-state index contributed by atoms with van der Waals surface area (Å²) in [6.45, 7) is 3.55. The lowest BCUT2D eigenvalue weighted by Gasteiger charge is -2.19. The molecule has 0 spiro atoms. The van der Waals surface area contributed by atoms with Gasteiger partial charge in [-0.15, -0.1) is 0 Å². The van der Waals surface area contributed by atoms with Crippen molar-refractivity contribution in [2.75, 3.05) is 13.6 Å². The molecule has 1 heterocycles. The van der Waals surface area contributed by atoms with Crippen LogP contribution in [-0.4, -0.2) is 45.3 Å². The molecule has 1 unspecified atom stereocenters. The third-order valence-corrected chi connectivity index (χ3v) is 2.78. The van der Waals surface area contributed by atoms with Crippen LogP contribution in [0.2, 0.25) is 0 Å². The molecule has 1 rings (SSSR count). The molecule has 0 aromatic carbocycles. The van der Waals surface area contributed by atoms with E-state index in [2.05, 4.69) is 5.10 Å². The zero-order chi connectivity index (χ0) is 13.2. The van der Waals surface area contributed by atoms with E-state index >= 15 is 0 Å². The number of aliphatic carboxylic acids is 1. The Labute approximate surface area is 99.8 Å². The molecule has 0 fully saturated rings. The van der Waals surface area contributed by atoms with Crippen molar-refractivity contribution in [3.63, 3.8) is 0 Å². The van der Waals surface area contributed by atoms with E-state index in [1.807, 2.05) is 0 Å². The van der Waals surface area contributed by atoms with Gasteiger partial charge >= 0.3 is 5.97 Å². The predicted octanol–water partition coefficient (Wildman–Crippen LogP) is 0.521. The summed E-state index contributed by atoms with van der Waals surface area (Å²) in [5, 5.41) is 12.8. The molecule has 6 nitrogen and oxygen atoms in total. The monoisotopic (exact) mass is 239 g/mol. The number of carbonyl (C=O) groups excluding carboxylic acids is 1. The van der Waals surface area contributed by atoms with Crippen molar-refractivity contribution in [1.82, 2.24) is 14.7 Å². The molecule has 1 aromatic rings. The summed E-state index contributed by atoms with van der Waals surface area (Å²) in [4.78, 5) is 24.1. The van der Waals surface area contributed by atoms with E-state index in [4.69, 9.17) is 5.11 Å². The van der Waals surface area contributed by atoms with Gasteiger partial charge in [0.2, 0.25) is 0 Å². The van der Waals surface area contributed by atoms with E-state index in [1.165, 1.54) is 11.1 Å². The Balaban J connectivity index is 2.77. The van der Waals surface area contributed by atoms with E-state index in [0.29, 0.717) is 5.56 Å². The van der Waals surface area contributed by atoms with Gasteiger partial charge in [0, 0.05) is 26.3 Å². The SMILES string of the molecule is Cc1c(C(=O)N(C)CC(C)C(=O)O)cnn1C. The van der Waals surface area contributed by atoms with Gasteiger partial charge in [-0.2, -0.15) is 5.10 Å². The molecule has 6 heteroatoms. The van der Waals surface area contributed by atoms with Gasteiger partial charge in [0.1, 0.15) is 0 Å². The zero-order valence-electron chi connectivity index (χ0n) is 10.5. The lowest BCUT2D eigenvalue weighted by atomic mass is 10.1. The van der Waals surface area contributed by atoms with Crippen LogP contribution in [0.5, 0.6) is 0 Å². The van der Waals surface area contributed by atoms with E-state index in [-0.39, 0.29) is 12.5 Å². The van der Waals surface area contributed by atoms with Crippen LogP contribution in [0.25, 0.3) is 0 Å². The third-order valence-electron chi connectivity index (χ3n) is 2.78. The first-order valence-corrected chi connectivity index (χ1v) is 5.31. The molecular formula is C11H17N3O3. The normalized spacial score (nSPS) is 12.2. The lowest BCUT2D eigenvalue weighted by Crippen LogP contribution is -2.33. The standard InChI is InChI=1S/C11H17N3O3/c1-7(11(16)17)6-13(3)10(15)9-5-12-14(4)8(9)2/h5,7H,6H2,1-4H3,(H,16,17). The Morgan fingerprint density at radius 3 is 2.59 bits per heavy atom. The Kier molecular flexibility index (Phi) is 3.88. The van der Waals surface area contributed by atoms with Gasteiger partial charge in [-0.05, 0) is 6.92 Å². The minimum absolute atomic E-state index is 0.183. The van der Waals surface area contributed by atoms with Crippen molar-refractivity contribution in [3.05, 3.63) is 17.5 Å². The molecule has 1 atom stereocenters. The molecule has 0 saturated heterocycles. The fourth-order valence-corrected chi connectivity index (χ4v) is 1.49. The summed E-state index contributed by atoms with van der Waals surface area (Å²) in [5.74, 6) is -1.70. The van der Waals surface area contributed by atoms with Crippen LogP contribution in [-0.2, 0) is 11.8 Å². The second-order valence-electron chi connectivity index (χ2n) is 4.19. The summed E-state index contributed by atoms with van der Waals surface area (Å²) in [6, 6.07) is 0.